The molecule has 0 saturated carbocycles. The van der Waals surface area contributed by atoms with Crippen LogP contribution in [0.5, 0.6) is 0 Å². The molecular formula is C19H34O8. The maximum atomic E-state index is 11.5. The minimum atomic E-state index is -1.33. The highest BCUT2D eigenvalue weighted by Crippen LogP contribution is 2.38. The van der Waals surface area contributed by atoms with Gasteiger partial charge in [-0.2, -0.15) is 0 Å². The first kappa shape index (κ1) is 22.5. The van der Waals surface area contributed by atoms with E-state index in [2.05, 4.69) is 0 Å². The first-order valence-electron chi connectivity index (χ1n) is 9.45. The molecule has 2 rings (SSSR count). The lowest BCUT2D eigenvalue weighted by atomic mass is 9.99. The summed E-state index contributed by atoms with van der Waals surface area (Å²) in [6.07, 6.45) is -0.318. The molecule has 2 aliphatic heterocycles. The summed E-state index contributed by atoms with van der Waals surface area (Å²) >= 11 is 0. The summed E-state index contributed by atoms with van der Waals surface area (Å²) < 4.78 is 34.3. The van der Waals surface area contributed by atoms with Gasteiger partial charge < -0.3 is 33.5 Å². The molecule has 2 saturated heterocycles. The fourth-order valence-electron chi connectivity index (χ4n) is 3.51. The summed E-state index contributed by atoms with van der Waals surface area (Å²) in [4.78, 5) is 11.5. The van der Waals surface area contributed by atoms with Crippen molar-refractivity contribution >= 4 is 5.97 Å². The summed E-state index contributed by atoms with van der Waals surface area (Å²) in [5, 5.41) is 10.1. The van der Waals surface area contributed by atoms with Crippen LogP contribution in [0.1, 0.15) is 60.8 Å². The van der Waals surface area contributed by atoms with Gasteiger partial charge in [0.05, 0.1) is 25.9 Å². The molecule has 0 bridgehead atoms. The van der Waals surface area contributed by atoms with Crippen molar-refractivity contribution in [2.24, 2.45) is 0 Å². The number of carbonyl (C=O) groups is 1. The van der Waals surface area contributed by atoms with Gasteiger partial charge in [-0.1, -0.05) is 0 Å². The monoisotopic (exact) mass is 390 g/mol. The first-order valence-corrected chi connectivity index (χ1v) is 9.45. The normalized spacial score (nSPS) is 31.0. The third kappa shape index (κ3) is 6.96. The lowest BCUT2D eigenvalue weighted by Crippen LogP contribution is -2.41. The van der Waals surface area contributed by atoms with Crippen molar-refractivity contribution in [3.8, 4) is 0 Å². The van der Waals surface area contributed by atoms with E-state index in [4.69, 9.17) is 28.4 Å². The summed E-state index contributed by atoms with van der Waals surface area (Å²) in [7, 11) is 1.35. The minimum absolute atomic E-state index is 0.189. The van der Waals surface area contributed by atoms with E-state index >= 15 is 0 Å². The van der Waals surface area contributed by atoms with Gasteiger partial charge in [0.15, 0.2) is 17.4 Å². The molecule has 4 atom stereocenters. The van der Waals surface area contributed by atoms with Crippen molar-refractivity contribution in [1.82, 2.24) is 0 Å². The molecule has 0 aromatic heterocycles. The number of esters is 1. The van der Waals surface area contributed by atoms with Gasteiger partial charge in [-0.15, -0.1) is 0 Å². The van der Waals surface area contributed by atoms with Crippen molar-refractivity contribution in [2.45, 2.75) is 103 Å². The molecule has 8 heteroatoms. The van der Waals surface area contributed by atoms with Crippen molar-refractivity contribution in [3.05, 3.63) is 0 Å². The van der Waals surface area contributed by atoms with E-state index in [-0.39, 0.29) is 30.7 Å². The third-order valence-electron chi connectivity index (χ3n) is 4.47. The van der Waals surface area contributed by atoms with Crippen LogP contribution in [0.3, 0.4) is 0 Å². The summed E-state index contributed by atoms with van der Waals surface area (Å²) in [5.41, 5.74) is 0. The Labute approximate surface area is 161 Å². The zero-order valence-corrected chi connectivity index (χ0v) is 17.4. The van der Waals surface area contributed by atoms with E-state index in [0.717, 1.165) is 0 Å². The molecule has 2 fully saturated rings. The van der Waals surface area contributed by atoms with Crippen LogP contribution in [0.2, 0.25) is 0 Å². The lowest BCUT2D eigenvalue weighted by Gasteiger charge is -2.30. The average Bonchev–Trinajstić information content (AvgIpc) is 3.01. The van der Waals surface area contributed by atoms with Gasteiger partial charge in [0.25, 0.3) is 0 Å². The predicted octanol–water partition coefficient (Wildman–Crippen LogP) is 2.11. The number of methoxy groups -OCH3 is 1. The van der Waals surface area contributed by atoms with Crippen LogP contribution < -0.4 is 0 Å². The zero-order chi connectivity index (χ0) is 20.5. The Morgan fingerprint density at radius 2 is 1.85 bits per heavy atom. The number of hydrogen-bond donors (Lipinski definition) is 1. The van der Waals surface area contributed by atoms with Gasteiger partial charge >= 0.3 is 5.97 Å². The van der Waals surface area contributed by atoms with Crippen molar-refractivity contribution in [3.63, 3.8) is 0 Å². The Morgan fingerprint density at radius 1 is 1.19 bits per heavy atom. The molecule has 2 heterocycles. The molecule has 0 aliphatic carbocycles. The number of aliphatic hydroxyl groups is 1. The topological polar surface area (TPSA) is 92.7 Å². The smallest absolute Gasteiger partial charge is 0.305 e. The molecule has 0 radical (unpaired) electrons. The fraction of sp³-hybridized carbons (Fsp3) is 0.947. The van der Waals surface area contributed by atoms with Crippen LogP contribution in [0.25, 0.3) is 0 Å². The van der Waals surface area contributed by atoms with Gasteiger partial charge in [-0.05, 0) is 48.0 Å². The Hall–Kier alpha value is -0.770. The van der Waals surface area contributed by atoms with Crippen molar-refractivity contribution in [2.75, 3.05) is 13.7 Å². The van der Waals surface area contributed by atoms with E-state index in [9.17, 15) is 9.90 Å². The molecule has 8 nitrogen and oxygen atoms in total. The third-order valence-corrected chi connectivity index (χ3v) is 4.47. The Morgan fingerprint density at radius 3 is 2.37 bits per heavy atom. The second kappa shape index (κ2) is 8.31. The van der Waals surface area contributed by atoms with Crippen LogP contribution in [0, 0.1) is 0 Å². The van der Waals surface area contributed by atoms with Crippen LogP contribution >= 0.6 is 0 Å². The van der Waals surface area contributed by atoms with Crippen molar-refractivity contribution in [1.29, 1.82) is 0 Å². The van der Waals surface area contributed by atoms with Gasteiger partial charge in [0.1, 0.15) is 12.2 Å². The number of hydrogen-bond acceptors (Lipinski definition) is 8. The second-order valence-corrected chi connectivity index (χ2v) is 8.54. The lowest BCUT2D eigenvalue weighted by molar-refractivity contribution is -0.215. The Kier molecular flexibility index (Phi) is 6.93. The van der Waals surface area contributed by atoms with Crippen LogP contribution in [0.15, 0.2) is 0 Å². The molecule has 2 aliphatic rings. The summed E-state index contributed by atoms with van der Waals surface area (Å²) in [5.74, 6) is -3.10. The van der Waals surface area contributed by atoms with Gasteiger partial charge in [0.2, 0.25) is 0 Å². The molecule has 0 unspecified atom stereocenters. The number of ether oxygens (including phenoxy) is 6. The minimum Gasteiger partial charge on any atom is -0.469 e. The molecule has 0 spiro atoms. The summed E-state index contributed by atoms with van der Waals surface area (Å²) in [6, 6.07) is 0. The highest BCUT2D eigenvalue weighted by atomic mass is 16.8. The van der Waals surface area contributed by atoms with E-state index in [1.165, 1.54) is 7.11 Å². The van der Waals surface area contributed by atoms with E-state index < -0.39 is 23.5 Å². The van der Waals surface area contributed by atoms with E-state index in [1.807, 2.05) is 27.7 Å². The van der Waals surface area contributed by atoms with Gasteiger partial charge in [-0.25, -0.2) is 0 Å². The summed E-state index contributed by atoms with van der Waals surface area (Å²) in [6.45, 7) is 10.9. The molecule has 0 aromatic rings. The fourth-order valence-corrected chi connectivity index (χ4v) is 3.51. The maximum Gasteiger partial charge on any atom is 0.305 e. The molecule has 0 amide bonds. The Balaban J connectivity index is 2.08. The SMILES string of the molecule is COC(=O)CC[C@@H](C[C@H]1OC(C)(C)O[C@@H]1[C@H]1COC(C)(C)O1)OC(C)(C)O. The average molecular weight is 390 g/mol. The second-order valence-electron chi connectivity index (χ2n) is 8.54. The molecule has 27 heavy (non-hydrogen) atoms. The first-order chi connectivity index (χ1) is 12.3. The molecule has 0 aromatic carbocycles. The standard InChI is InChI=1S/C19H34O8/c1-17(2,21)24-12(8-9-15(20)22-7)10-13-16(27-19(5,6)25-13)14-11-23-18(3,4)26-14/h12-14,16,21H,8-11H2,1-7H3/t12-,13+,14+,16-/m0/s1. The number of carbonyl (C=O) groups excluding carboxylic acids is 1. The molecule has 1 N–H and O–H groups in total. The van der Waals surface area contributed by atoms with Crippen molar-refractivity contribution < 1.29 is 38.3 Å². The van der Waals surface area contributed by atoms with Crippen LogP contribution in [0.4, 0.5) is 0 Å². The largest absolute Gasteiger partial charge is 0.469 e. The zero-order valence-electron chi connectivity index (χ0n) is 17.4. The van der Waals surface area contributed by atoms with E-state index in [0.29, 0.717) is 19.4 Å². The van der Waals surface area contributed by atoms with E-state index in [1.54, 1.807) is 13.8 Å². The highest BCUT2D eigenvalue weighted by Gasteiger charge is 2.50. The van der Waals surface area contributed by atoms with Gasteiger partial charge in [-0.3, -0.25) is 4.79 Å². The molecule has 158 valence electrons. The highest BCUT2D eigenvalue weighted by molar-refractivity contribution is 5.69. The Bertz CT molecular complexity index is 510. The predicted molar refractivity (Wildman–Crippen MR) is 95.8 cm³/mol. The van der Waals surface area contributed by atoms with Crippen LogP contribution in [-0.2, 0) is 33.2 Å². The molecular weight excluding hydrogens is 356 g/mol. The number of rotatable bonds is 8. The quantitative estimate of drug-likeness (QED) is 0.498. The van der Waals surface area contributed by atoms with Gasteiger partial charge in [0, 0.05) is 12.8 Å². The van der Waals surface area contributed by atoms with Crippen LogP contribution in [-0.4, -0.2) is 66.6 Å². The maximum absolute atomic E-state index is 11.5.